The minimum atomic E-state index is 0.379. The van der Waals surface area contributed by atoms with E-state index in [4.69, 9.17) is 9.97 Å². The molecule has 38 heavy (non-hydrogen) atoms. The fourth-order valence-corrected chi connectivity index (χ4v) is 7.17. The Morgan fingerprint density at radius 2 is 1.08 bits per heavy atom. The van der Waals surface area contributed by atoms with Crippen molar-refractivity contribution in [2.75, 3.05) is 13.1 Å². The smallest absolute Gasteiger partial charge is 0.124 e. The first-order chi connectivity index (χ1) is 18.8. The van der Waals surface area contributed by atoms with Crippen LogP contribution < -0.4 is 10.6 Å². The van der Waals surface area contributed by atoms with Gasteiger partial charge in [-0.05, 0) is 99.6 Å². The molecule has 2 aromatic carbocycles. The molecule has 2 fully saturated rings. The molecule has 0 saturated carbocycles. The van der Waals surface area contributed by atoms with Crippen LogP contribution in [0.15, 0.2) is 36.4 Å². The van der Waals surface area contributed by atoms with Gasteiger partial charge in [0, 0.05) is 22.5 Å². The van der Waals surface area contributed by atoms with Crippen LogP contribution in [0.2, 0.25) is 0 Å². The summed E-state index contributed by atoms with van der Waals surface area (Å²) >= 11 is 0. The van der Waals surface area contributed by atoms with Crippen molar-refractivity contribution in [2.45, 2.75) is 76.3 Å². The van der Waals surface area contributed by atoms with Gasteiger partial charge in [-0.2, -0.15) is 0 Å². The number of aryl methyl sites for hydroxylation is 4. The van der Waals surface area contributed by atoms with Crippen molar-refractivity contribution in [3.05, 3.63) is 70.6 Å². The number of hydrogen-bond donors (Lipinski definition) is 4. The van der Waals surface area contributed by atoms with Crippen LogP contribution >= 0.6 is 0 Å². The summed E-state index contributed by atoms with van der Waals surface area (Å²) in [5.41, 5.74) is 13.1. The fraction of sp³-hybridized carbons (Fsp3) is 0.438. The van der Waals surface area contributed by atoms with Gasteiger partial charge in [0.05, 0.1) is 23.5 Å². The predicted octanol–water partition coefficient (Wildman–Crippen LogP) is 5.96. The summed E-state index contributed by atoms with van der Waals surface area (Å²) < 4.78 is 0. The predicted molar refractivity (Wildman–Crippen MR) is 151 cm³/mol. The van der Waals surface area contributed by atoms with E-state index in [-0.39, 0.29) is 0 Å². The Hall–Kier alpha value is -3.22. The molecular formula is C32H36N6. The van der Waals surface area contributed by atoms with Crippen molar-refractivity contribution in [1.29, 1.82) is 0 Å². The molecule has 4 aliphatic rings. The van der Waals surface area contributed by atoms with Crippen molar-refractivity contribution in [1.82, 2.24) is 30.6 Å². The third-order valence-electron chi connectivity index (χ3n) is 9.17. The fourth-order valence-electron chi connectivity index (χ4n) is 7.17. The lowest BCUT2D eigenvalue weighted by Crippen LogP contribution is -2.14. The third kappa shape index (κ3) is 3.85. The van der Waals surface area contributed by atoms with Gasteiger partial charge >= 0.3 is 0 Å². The molecule has 4 aromatic rings. The summed E-state index contributed by atoms with van der Waals surface area (Å²) in [5.74, 6) is 2.25. The van der Waals surface area contributed by atoms with E-state index < -0.39 is 0 Å². The summed E-state index contributed by atoms with van der Waals surface area (Å²) in [6, 6.07) is 14.9. The highest BCUT2D eigenvalue weighted by Gasteiger charge is 2.26. The van der Waals surface area contributed by atoms with E-state index in [1.54, 1.807) is 0 Å². The molecule has 6 nitrogen and oxygen atoms in total. The van der Waals surface area contributed by atoms with Crippen molar-refractivity contribution < 1.29 is 0 Å². The molecule has 1 unspecified atom stereocenters. The maximum atomic E-state index is 5.12. The van der Waals surface area contributed by atoms with E-state index in [1.165, 1.54) is 81.8 Å². The number of nitrogens with zero attached hydrogens (tertiary/aromatic N) is 2. The third-order valence-corrected chi connectivity index (χ3v) is 9.17. The zero-order valence-electron chi connectivity index (χ0n) is 22.0. The van der Waals surface area contributed by atoms with Crippen molar-refractivity contribution >= 4 is 0 Å². The van der Waals surface area contributed by atoms with Gasteiger partial charge in [-0.1, -0.05) is 36.4 Å². The first kappa shape index (κ1) is 22.7. The number of fused-ring (bicyclic) bond motifs is 6. The second-order valence-corrected chi connectivity index (χ2v) is 11.6. The summed E-state index contributed by atoms with van der Waals surface area (Å²) in [6.45, 7) is 2.19. The minimum absolute atomic E-state index is 0.379. The molecule has 4 N–H and O–H groups in total. The molecule has 2 saturated heterocycles. The molecule has 0 radical (unpaired) electrons. The van der Waals surface area contributed by atoms with Crippen LogP contribution in [0.4, 0.5) is 0 Å². The Bertz CT molecular complexity index is 1380. The molecule has 0 amide bonds. The van der Waals surface area contributed by atoms with Gasteiger partial charge in [0.15, 0.2) is 0 Å². The largest absolute Gasteiger partial charge is 0.344 e. The number of benzene rings is 2. The van der Waals surface area contributed by atoms with Crippen molar-refractivity contribution in [3.63, 3.8) is 0 Å². The van der Waals surface area contributed by atoms with Gasteiger partial charge in [0.1, 0.15) is 11.6 Å². The summed E-state index contributed by atoms with van der Waals surface area (Å²) in [5, 5.41) is 7.20. The van der Waals surface area contributed by atoms with E-state index >= 15 is 0 Å². The van der Waals surface area contributed by atoms with E-state index in [9.17, 15) is 0 Å². The lowest BCUT2D eigenvalue weighted by Gasteiger charge is -2.12. The van der Waals surface area contributed by atoms with Gasteiger partial charge in [-0.15, -0.1) is 0 Å². The Morgan fingerprint density at radius 3 is 1.53 bits per heavy atom. The lowest BCUT2D eigenvalue weighted by atomic mass is 9.93. The van der Waals surface area contributed by atoms with E-state index in [2.05, 4.69) is 57.0 Å². The normalized spacial score (nSPS) is 22.3. The molecule has 2 aliphatic heterocycles. The number of H-pyrrole nitrogens is 2. The van der Waals surface area contributed by atoms with Crippen molar-refractivity contribution in [3.8, 4) is 33.6 Å². The highest BCUT2D eigenvalue weighted by molar-refractivity contribution is 5.77. The first-order valence-electron chi connectivity index (χ1n) is 14.7. The Kier molecular flexibility index (Phi) is 5.51. The topological polar surface area (TPSA) is 81.4 Å². The summed E-state index contributed by atoms with van der Waals surface area (Å²) in [4.78, 5) is 17.6. The Labute approximate surface area is 224 Å². The molecule has 2 atom stereocenters. The second kappa shape index (κ2) is 9.21. The van der Waals surface area contributed by atoms with Gasteiger partial charge in [-0.3, -0.25) is 0 Å². The maximum Gasteiger partial charge on any atom is 0.124 e. The first-order valence-corrected chi connectivity index (χ1v) is 14.7. The number of hydrogen-bond acceptors (Lipinski definition) is 4. The molecule has 194 valence electrons. The lowest BCUT2D eigenvalue weighted by molar-refractivity contribution is 0.610. The van der Waals surface area contributed by atoms with E-state index in [1.807, 2.05) is 0 Å². The zero-order valence-corrected chi connectivity index (χ0v) is 22.0. The SMILES string of the molecule is c1cc2c(cc1-c1ccc3c(c1)CCCc1[nH]c([C@@H]4CCCN4)nc1-3)CCCc1[nH]c(C3CCCN3)nc1-2. The van der Waals surface area contributed by atoms with Crippen LogP contribution in [0.3, 0.4) is 0 Å². The van der Waals surface area contributed by atoms with E-state index in [0.717, 1.165) is 63.3 Å². The number of aromatic nitrogens is 4. The molecule has 8 rings (SSSR count). The van der Waals surface area contributed by atoms with Crippen molar-refractivity contribution in [2.24, 2.45) is 0 Å². The molecule has 4 heterocycles. The average Bonchev–Trinajstić information content (AvgIpc) is 3.74. The number of aromatic amines is 2. The van der Waals surface area contributed by atoms with Gasteiger partial charge in [-0.25, -0.2) is 9.97 Å². The summed E-state index contributed by atoms with van der Waals surface area (Å²) in [7, 11) is 0. The monoisotopic (exact) mass is 504 g/mol. The molecule has 6 heteroatoms. The van der Waals surface area contributed by atoms with E-state index in [0.29, 0.717) is 12.1 Å². The highest BCUT2D eigenvalue weighted by Crippen LogP contribution is 2.38. The van der Waals surface area contributed by atoms with Crippen LogP contribution in [-0.2, 0) is 25.7 Å². The Morgan fingerprint density at radius 1 is 0.579 bits per heavy atom. The second-order valence-electron chi connectivity index (χ2n) is 11.6. The molecule has 0 bridgehead atoms. The van der Waals surface area contributed by atoms with Gasteiger partial charge < -0.3 is 20.6 Å². The quantitative estimate of drug-likeness (QED) is 0.277. The van der Waals surface area contributed by atoms with Gasteiger partial charge in [0.25, 0.3) is 0 Å². The maximum absolute atomic E-state index is 5.12. The summed E-state index contributed by atoms with van der Waals surface area (Å²) in [6.07, 6.45) is 11.5. The molecular weight excluding hydrogens is 468 g/mol. The molecule has 2 aliphatic carbocycles. The minimum Gasteiger partial charge on any atom is -0.344 e. The van der Waals surface area contributed by atoms with Crippen LogP contribution in [-0.4, -0.2) is 33.0 Å². The average molecular weight is 505 g/mol. The molecule has 2 aromatic heterocycles. The Balaban J connectivity index is 1.13. The van der Waals surface area contributed by atoms with Crippen LogP contribution in [0.5, 0.6) is 0 Å². The molecule has 0 spiro atoms. The number of nitrogens with one attached hydrogen (secondary N) is 4. The van der Waals surface area contributed by atoms with Crippen LogP contribution in [0, 0.1) is 0 Å². The number of imidazole rings is 2. The standard InChI is InChI=1S/C32H36N6/c1-5-21-17-19(11-13-23(21)29-25(7-1)35-31(37-29)27-9-3-15-33-27)20-12-14-24-22(18-20)6-2-8-26-30(24)38-32(36-26)28-10-4-16-34-28/h11-14,17-18,27-28,33-34H,1-10,15-16H2,(H,35,37)(H,36,38)/t27-,28?/m0/s1. The zero-order chi connectivity index (χ0) is 25.1. The highest BCUT2D eigenvalue weighted by atomic mass is 15.1. The number of rotatable bonds is 3. The van der Waals surface area contributed by atoms with Gasteiger partial charge in [0.2, 0.25) is 0 Å². The van der Waals surface area contributed by atoms with Crippen LogP contribution in [0.25, 0.3) is 33.6 Å². The van der Waals surface area contributed by atoms with Crippen LogP contribution in [0.1, 0.15) is 84.8 Å².